The molecule has 0 fully saturated rings. The number of benzene rings is 1. The van der Waals surface area contributed by atoms with Crippen LogP contribution in [0.1, 0.15) is 25.0 Å². The van der Waals surface area contributed by atoms with Crippen LogP contribution in [0.5, 0.6) is 11.5 Å². The quantitative estimate of drug-likeness (QED) is 0.859. The van der Waals surface area contributed by atoms with Gasteiger partial charge < -0.3 is 19.3 Å². The van der Waals surface area contributed by atoms with E-state index in [4.69, 9.17) is 14.2 Å². The fourth-order valence-electron chi connectivity index (χ4n) is 2.06. The Balaban J connectivity index is 2.31. The molecule has 0 aliphatic carbocycles. The van der Waals surface area contributed by atoms with Crippen molar-refractivity contribution in [3.63, 3.8) is 0 Å². The fraction of sp³-hybridized carbons (Fsp3) is 0.462. The van der Waals surface area contributed by atoms with E-state index >= 15 is 0 Å². The molecule has 104 valence electrons. The van der Waals surface area contributed by atoms with Crippen molar-refractivity contribution >= 4 is 21.9 Å². The highest BCUT2D eigenvalue weighted by molar-refractivity contribution is 9.10. The Morgan fingerprint density at radius 2 is 2.26 bits per heavy atom. The van der Waals surface area contributed by atoms with Crippen LogP contribution in [0.15, 0.2) is 16.6 Å². The van der Waals surface area contributed by atoms with Crippen molar-refractivity contribution in [2.75, 3.05) is 13.9 Å². The predicted octanol–water partition coefficient (Wildman–Crippen LogP) is 2.41. The summed E-state index contributed by atoms with van der Waals surface area (Å²) in [5, 5.41) is 10.3. The summed E-state index contributed by atoms with van der Waals surface area (Å²) in [6.45, 7) is 1.98. The number of aliphatic hydroxyl groups is 1. The maximum absolute atomic E-state index is 11.6. The second-order valence-corrected chi connectivity index (χ2v) is 5.07. The second-order valence-electron chi connectivity index (χ2n) is 4.22. The molecule has 0 aromatic heterocycles. The molecule has 6 heteroatoms. The predicted molar refractivity (Wildman–Crippen MR) is 71.0 cm³/mol. The van der Waals surface area contributed by atoms with Gasteiger partial charge in [0, 0.05) is 0 Å². The third kappa shape index (κ3) is 2.69. The van der Waals surface area contributed by atoms with Crippen LogP contribution in [-0.4, -0.2) is 25.0 Å². The molecule has 0 saturated carbocycles. The maximum atomic E-state index is 11.6. The molecule has 19 heavy (non-hydrogen) atoms. The molecule has 0 spiro atoms. The summed E-state index contributed by atoms with van der Waals surface area (Å²) in [7, 11) is 1.31. The van der Waals surface area contributed by atoms with Gasteiger partial charge in [-0.25, -0.2) is 0 Å². The van der Waals surface area contributed by atoms with Crippen LogP contribution in [0.4, 0.5) is 0 Å². The molecular formula is C13H15BrO5. The number of methoxy groups -OCH3 is 1. The Morgan fingerprint density at radius 3 is 2.89 bits per heavy atom. The Morgan fingerprint density at radius 1 is 1.53 bits per heavy atom. The molecule has 0 radical (unpaired) electrons. The van der Waals surface area contributed by atoms with Gasteiger partial charge in [-0.1, -0.05) is 6.92 Å². The molecule has 2 atom stereocenters. The van der Waals surface area contributed by atoms with Crippen molar-refractivity contribution in [2.24, 2.45) is 5.92 Å². The number of esters is 1. The SMILES string of the molecule is CCC(C(=O)OC)C(O)c1cc(Br)c2c(c1)OCO2. The summed E-state index contributed by atoms with van der Waals surface area (Å²) in [5.74, 6) is 0.145. The van der Waals surface area contributed by atoms with Gasteiger partial charge in [0.1, 0.15) is 0 Å². The van der Waals surface area contributed by atoms with Crippen molar-refractivity contribution in [1.82, 2.24) is 0 Å². The van der Waals surface area contributed by atoms with Gasteiger partial charge in [-0.15, -0.1) is 0 Å². The number of carbonyl (C=O) groups excluding carboxylic acids is 1. The van der Waals surface area contributed by atoms with E-state index < -0.39 is 18.0 Å². The largest absolute Gasteiger partial charge is 0.469 e. The first kappa shape index (κ1) is 14.1. The molecule has 0 saturated heterocycles. The molecule has 2 unspecified atom stereocenters. The monoisotopic (exact) mass is 330 g/mol. The molecule has 1 aliphatic heterocycles. The zero-order chi connectivity index (χ0) is 14.0. The molecule has 1 heterocycles. The molecule has 0 bridgehead atoms. The minimum atomic E-state index is -0.941. The molecule has 1 N–H and O–H groups in total. The van der Waals surface area contributed by atoms with E-state index in [-0.39, 0.29) is 6.79 Å². The minimum Gasteiger partial charge on any atom is -0.469 e. The molecule has 1 aromatic rings. The summed E-state index contributed by atoms with van der Waals surface area (Å²) in [6, 6.07) is 3.41. The lowest BCUT2D eigenvalue weighted by molar-refractivity contribution is -0.149. The molecule has 1 aromatic carbocycles. The van der Waals surface area contributed by atoms with E-state index in [9.17, 15) is 9.90 Å². The van der Waals surface area contributed by atoms with Crippen molar-refractivity contribution in [2.45, 2.75) is 19.4 Å². The molecule has 0 amide bonds. The molecule has 2 rings (SSSR count). The summed E-state index contributed by atoms with van der Waals surface area (Å²) < 4.78 is 16.0. The average Bonchev–Trinajstić information content (AvgIpc) is 2.87. The fourth-order valence-corrected chi connectivity index (χ4v) is 2.63. The van der Waals surface area contributed by atoms with Gasteiger partial charge in [0.2, 0.25) is 6.79 Å². The first-order chi connectivity index (χ1) is 9.08. The number of halogens is 1. The Bertz CT molecular complexity index is 488. The first-order valence-electron chi connectivity index (χ1n) is 5.93. The topological polar surface area (TPSA) is 65.0 Å². The van der Waals surface area contributed by atoms with E-state index in [1.165, 1.54) is 7.11 Å². The van der Waals surface area contributed by atoms with Crippen LogP contribution in [0.2, 0.25) is 0 Å². The zero-order valence-corrected chi connectivity index (χ0v) is 12.3. The van der Waals surface area contributed by atoms with Crippen LogP contribution < -0.4 is 9.47 Å². The minimum absolute atomic E-state index is 0.154. The van der Waals surface area contributed by atoms with Gasteiger partial charge in [-0.3, -0.25) is 4.79 Å². The number of rotatable bonds is 4. The van der Waals surface area contributed by atoms with E-state index in [2.05, 4.69) is 15.9 Å². The third-order valence-corrected chi connectivity index (χ3v) is 3.70. The van der Waals surface area contributed by atoms with Gasteiger partial charge in [-0.2, -0.15) is 0 Å². The first-order valence-corrected chi connectivity index (χ1v) is 6.72. The van der Waals surface area contributed by atoms with Gasteiger partial charge in [0.05, 0.1) is 23.6 Å². The normalized spacial score (nSPS) is 16.0. The van der Waals surface area contributed by atoms with Gasteiger partial charge in [0.25, 0.3) is 0 Å². The lowest BCUT2D eigenvalue weighted by Gasteiger charge is -2.20. The van der Waals surface area contributed by atoms with Crippen LogP contribution in [0, 0.1) is 5.92 Å². The lowest BCUT2D eigenvalue weighted by Crippen LogP contribution is -2.23. The Hall–Kier alpha value is -1.27. The molecule has 1 aliphatic rings. The molecular weight excluding hydrogens is 316 g/mol. The van der Waals surface area contributed by atoms with Crippen molar-refractivity contribution in [1.29, 1.82) is 0 Å². The van der Waals surface area contributed by atoms with Crippen LogP contribution in [0.3, 0.4) is 0 Å². The molecule has 5 nitrogen and oxygen atoms in total. The van der Waals surface area contributed by atoms with Gasteiger partial charge >= 0.3 is 5.97 Å². The smallest absolute Gasteiger partial charge is 0.311 e. The van der Waals surface area contributed by atoms with Gasteiger partial charge in [-0.05, 0) is 40.0 Å². The van der Waals surface area contributed by atoms with Gasteiger partial charge in [0.15, 0.2) is 11.5 Å². The number of hydrogen-bond acceptors (Lipinski definition) is 5. The third-order valence-electron chi connectivity index (χ3n) is 3.12. The van der Waals surface area contributed by atoms with Crippen molar-refractivity contribution < 1.29 is 24.1 Å². The number of aliphatic hydroxyl groups excluding tert-OH is 1. The van der Waals surface area contributed by atoms with Crippen LogP contribution in [-0.2, 0) is 9.53 Å². The highest BCUT2D eigenvalue weighted by atomic mass is 79.9. The summed E-state index contributed by atoms with van der Waals surface area (Å²) in [5.41, 5.74) is 0.591. The summed E-state index contributed by atoms with van der Waals surface area (Å²) >= 11 is 3.36. The average molecular weight is 331 g/mol. The summed E-state index contributed by atoms with van der Waals surface area (Å²) in [4.78, 5) is 11.6. The van der Waals surface area contributed by atoms with E-state index in [1.807, 2.05) is 6.92 Å². The standard InChI is InChI=1S/C13H15BrO5/c1-3-8(13(16)17-2)11(15)7-4-9(14)12-10(5-7)18-6-19-12/h4-5,8,11,15H,3,6H2,1-2H3. The number of hydrogen-bond donors (Lipinski definition) is 1. The number of carbonyl (C=O) groups is 1. The highest BCUT2D eigenvalue weighted by Crippen LogP contribution is 2.42. The Labute approximate surface area is 119 Å². The number of fused-ring (bicyclic) bond motifs is 1. The lowest BCUT2D eigenvalue weighted by atomic mass is 9.93. The van der Waals surface area contributed by atoms with Crippen LogP contribution >= 0.6 is 15.9 Å². The van der Waals surface area contributed by atoms with E-state index in [0.29, 0.717) is 28.0 Å². The second kappa shape index (κ2) is 5.79. The van der Waals surface area contributed by atoms with Crippen molar-refractivity contribution in [3.8, 4) is 11.5 Å². The number of ether oxygens (including phenoxy) is 3. The Kier molecular flexibility index (Phi) is 4.31. The summed E-state index contributed by atoms with van der Waals surface area (Å²) in [6.07, 6.45) is -0.455. The van der Waals surface area contributed by atoms with E-state index in [1.54, 1.807) is 12.1 Å². The zero-order valence-electron chi connectivity index (χ0n) is 10.7. The van der Waals surface area contributed by atoms with Crippen LogP contribution in [0.25, 0.3) is 0 Å². The van der Waals surface area contributed by atoms with Crippen molar-refractivity contribution in [3.05, 3.63) is 22.2 Å². The maximum Gasteiger partial charge on any atom is 0.311 e. The highest BCUT2D eigenvalue weighted by Gasteiger charge is 2.29. The van der Waals surface area contributed by atoms with E-state index in [0.717, 1.165) is 0 Å².